The number of aromatic hydroxyl groups is 1. The zero-order valence-corrected chi connectivity index (χ0v) is 10.3. The average Bonchev–Trinajstić information content (AvgIpc) is 2.47. The molecular weight excluding hydrogens is 256 g/mol. The molecule has 3 rings (SSSR count). The van der Waals surface area contributed by atoms with Crippen molar-refractivity contribution in [3.05, 3.63) is 59.0 Å². The van der Waals surface area contributed by atoms with E-state index in [1.165, 1.54) is 36.6 Å². The molecule has 0 aliphatic carbocycles. The predicted octanol–water partition coefficient (Wildman–Crippen LogP) is 3.17. The number of benzene rings is 2. The van der Waals surface area contributed by atoms with E-state index in [0.717, 1.165) is 0 Å². The summed E-state index contributed by atoms with van der Waals surface area (Å²) in [5.74, 6) is 0.198. The smallest absolute Gasteiger partial charge is 0.200 e. The van der Waals surface area contributed by atoms with Gasteiger partial charge in [-0.1, -0.05) is 12.1 Å². The molecule has 0 spiro atoms. The minimum atomic E-state index is -2.52. The zero-order valence-electron chi connectivity index (χ0n) is 13.3. The first-order valence-electron chi connectivity index (χ1n) is 7.37. The van der Waals surface area contributed by atoms with Crippen LogP contribution in [0.5, 0.6) is 11.5 Å². The van der Waals surface area contributed by atoms with Crippen LogP contribution in [0.25, 0.3) is 22.1 Å². The quantitative estimate of drug-likeness (QED) is 0.777. The number of hydrogen-bond acceptors (Lipinski definition) is 4. The SMILES string of the molecule is [2H]C([2H])([2H])Oc1ccc(-c2coc3cc(O)ccc3c2=O)cc1. The molecule has 0 aliphatic rings. The van der Waals surface area contributed by atoms with Crippen LogP contribution in [-0.2, 0) is 0 Å². The second kappa shape index (κ2) is 4.74. The first-order valence-corrected chi connectivity index (χ1v) is 5.87. The van der Waals surface area contributed by atoms with Crippen LogP contribution in [0.1, 0.15) is 4.11 Å². The third-order valence-corrected chi connectivity index (χ3v) is 3.04. The maximum Gasteiger partial charge on any atom is 0.200 e. The Morgan fingerprint density at radius 2 is 2.00 bits per heavy atom. The molecule has 0 atom stereocenters. The number of phenolic OH excluding ortho intramolecular Hbond substituents is 1. The minimum Gasteiger partial charge on any atom is -0.508 e. The van der Waals surface area contributed by atoms with Crippen molar-refractivity contribution in [2.75, 3.05) is 7.04 Å². The number of methoxy groups -OCH3 is 1. The third-order valence-electron chi connectivity index (χ3n) is 3.04. The highest BCUT2D eigenvalue weighted by Crippen LogP contribution is 2.23. The van der Waals surface area contributed by atoms with Gasteiger partial charge in [-0.3, -0.25) is 4.79 Å². The van der Waals surface area contributed by atoms with Gasteiger partial charge in [-0.2, -0.15) is 0 Å². The molecule has 0 unspecified atom stereocenters. The molecule has 0 bridgehead atoms. The predicted molar refractivity (Wildman–Crippen MR) is 76.1 cm³/mol. The lowest BCUT2D eigenvalue weighted by molar-refractivity contribution is 0.415. The van der Waals surface area contributed by atoms with Gasteiger partial charge in [0.2, 0.25) is 0 Å². The van der Waals surface area contributed by atoms with E-state index in [2.05, 4.69) is 0 Å². The van der Waals surface area contributed by atoms with Crippen molar-refractivity contribution in [2.24, 2.45) is 0 Å². The molecule has 0 saturated carbocycles. The summed E-state index contributed by atoms with van der Waals surface area (Å²) in [5, 5.41) is 9.76. The maximum atomic E-state index is 12.5. The molecule has 4 nitrogen and oxygen atoms in total. The van der Waals surface area contributed by atoms with Crippen molar-refractivity contribution < 1.29 is 18.4 Å². The second-order valence-electron chi connectivity index (χ2n) is 4.29. The number of rotatable bonds is 2. The van der Waals surface area contributed by atoms with E-state index in [4.69, 9.17) is 13.3 Å². The fourth-order valence-corrected chi connectivity index (χ4v) is 2.02. The molecule has 0 fully saturated rings. The molecule has 0 saturated heterocycles. The Hall–Kier alpha value is -2.75. The Bertz CT molecular complexity index is 911. The molecule has 1 aromatic heterocycles. The molecule has 2 aromatic carbocycles. The highest BCUT2D eigenvalue weighted by atomic mass is 16.5. The Morgan fingerprint density at radius 1 is 1.20 bits per heavy atom. The Morgan fingerprint density at radius 3 is 2.75 bits per heavy atom. The molecule has 0 radical (unpaired) electrons. The summed E-state index contributed by atoms with van der Waals surface area (Å²) in [5.41, 5.74) is 0.965. The number of hydrogen-bond donors (Lipinski definition) is 1. The number of fused-ring (bicyclic) bond motifs is 1. The van der Waals surface area contributed by atoms with E-state index < -0.39 is 7.04 Å². The maximum absolute atomic E-state index is 12.5. The van der Waals surface area contributed by atoms with Gasteiger partial charge < -0.3 is 14.3 Å². The summed E-state index contributed by atoms with van der Waals surface area (Å²) in [6.45, 7) is 0. The standard InChI is InChI=1S/C16H12O4/c1-19-12-5-2-10(3-6-12)14-9-20-15-8-11(17)4-7-13(15)16(14)18/h2-9,17H,1H3/i1D3. The molecule has 0 amide bonds. The van der Waals surface area contributed by atoms with Crippen molar-refractivity contribution in [1.29, 1.82) is 0 Å². The summed E-state index contributed by atoms with van der Waals surface area (Å²) >= 11 is 0. The van der Waals surface area contributed by atoms with Crippen LogP contribution in [0.2, 0.25) is 0 Å². The lowest BCUT2D eigenvalue weighted by Gasteiger charge is -2.04. The fraction of sp³-hybridized carbons (Fsp3) is 0.0625. The van der Waals surface area contributed by atoms with Gasteiger partial charge in [0.25, 0.3) is 0 Å². The molecular formula is C16H12O4. The third kappa shape index (κ3) is 2.01. The Labute approximate surface area is 119 Å². The van der Waals surface area contributed by atoms with Crippen LogP contribution < -0.4 is 10.2 Å². The van der Waals surface area contributed by atoms with Gasteiger partial charge in [0.05, 0.1) is 22.1 Å². The van der Waals surface area contributed by atoms with Crippen molar-refractivity contribution in [2.45, 2.75) is 0 Å². The summed E-state index contributed by atoms with van der Waals surface area (Å²) in [7, 11) is -2.52. The highest BCUT2D eigenvalue weighted by molar-refractivity contribution is 5.82. The lowest BCUT2D eigenvalue weighted by atomic mass is 10.1. The molecule has 1 N–H and O–H groups in total. The van der Waals surface area contributed by atoms with Gasteiger partial charge in [-0.25, -0.2) is 0 Å². The molecule has 1 heterocycles. The van der Waals surface area contributed by atoms with Gasteiger partial charge in [0, 0.05) is 6.07 Å². The fourth-order valence-electron chi connectivity index (χ4n) is 2.02. The van der Waals surface area contributed by atoms with Crippen LogP contribution in [-0.4, -0.2) is 12.1 Å². The Kier molecular flexibility index (Phi) is 2.18. The van der Waals surface area contributed by atoms with E-state index in [-0.39, 0.29) is 16.9 Å². The van der Waals surface area contributed by atoms with Crippen molar-refractivity contribution in [1.82, 2.24) is 0 Å². The van der Waals surface area contributed by atoms with Gasteiger partial charge in [-0.15, -0.1) is 0 Å². The minimum absolute atomic E-state index is 0.0135. The van der Waals surface area contributed by atoms with E-state index >= 15 is 0 Å². The van der Waals surface area contributed by atoms with E-state index in [1.54, 1.807) is 12.1 Å². The molecule has 3 aromatic rings. The van der Waals surface area contributed by atoms with Crippen molar-refractivity contribution in [3.63, 3.8) is 0 Å². The lowest BCUT2D eigenvalue weighted by Crippen LogP contribution is -2.04. The molecule has 4 heteroatoms. The first-order chi connectivity index (χ1) is 10.8. The van der Waals surface area contributed by atoms with E-state index in [0.29, 0.717) is 22.1 Å². The van der Waals surface area contributed by atoms with Gasteiger partial charge in [0.1, 0.15) is 23.3 Å². The normalized spacial score (nSPS) is 13.5. The van der Waals surface area contributed by atoms with Crippen molar-refractivity contribution >= 4 is 11.0 Å². The Balaban J connectivity index is 2.02. The highest BCUT2D eigenvalue weighted by Gasteiger charge is 2.09. The van der Waals surface area contributed by atoms with Crippen LogP contribution in [0.15, 0.2) is 57.9 Å². The summed E-state index contributed by atoms with van der Waals surface area (Å²) < 4.78 is 31.3. The molecule has 20 heavy (non-hydrogen) atoms. The van der Waals surface area contributed by atoms with E-state index in [9.17, 15) is 9.90 Å². The second-order valence-corrected chi connectivity index (χ2v) is 4.29. The van der Waals surface area contributed by atoms with E-state index in [1.807, 2.05) is 0 Å². The zero-order chi connectivity index (χ0) is 16.6. The van der Waals surface area contributed by atoms with Crippen LogP contribution in [0, 0.1) is 0 Å². The van der Waals surface area contributed by atoms with Gasteiger partial charge in [0.15, 0.2) is 5.43 Å². The molecule has 0 aliphatic heterocycles. The van der Waals surface area contributed by atoms with Crippen molar-refractivity contribution in [3.8, 4) is 22.6 Å². The summed E-state index contributed by atoms with van der Waals surface area (Å²) in [4.78, 5) is 12.5. The number of ether oxygens (including phenoxy) is 1. The summed E-state index contributed by atoms with van der Waals surface area (Å²) in [6, 6.07) is 10.4. The summed E-state index contributed by atoms with van der Waals surface area (Å²) in [6.07, 6.45) is 1.31. The van der Waals surface area contributed by atoms with Gasteiger partial charge in [-0.05, 0) is 29.8 Å². The largest absolute Gasteiger partial charge is 0.508 e. The average molecular weight is 271 g/mol. The van der Waals surface area contributed by atoms with Crippen LogP contribution in [0.3, 0.4) is 0 Å². The first kappa shape index (κ1) is 9.20. The number of phenols is 1. The van der Waals surface area contributed by atoms with Crippen LogP contribution >= 0.6 is 0 Å². The van der Waals surface area contributed by atoms with Crippen LogP contribution in [0.4, 0.5) is 0 Å². The van der Waals surface area contributed by atoms with Gasteiger partial charge >= 0.3 is 0 Å². The topological polar surface area (TPSA) is 59.7 Å². The molecule has 100 valence electrons. The monoisotopic (exact) mass is 271 g/mol.